The van der Waals surface area contributed by atoms with Gasteiger partial charge in [0.15, 0.2) is 6.29 Å². The molecule has 2 saturated carbocycles. The van der Waals surface area contributed by atoms with E-state index in [1.54, 1.807) is 11.5 Å². The molecule has 2 fully saturated rings. The first-order valence-corrected chi connectivity index (χ1v) is 8.67. The Labute approximate surface area is 131 Å². The number of nitrogens with zero attached hydrogens (tertiary/aromatic N) is 2. The van der Waals surface area contributed by atoms with Gasteiger partial charge in [0.05, 0.1) is 10.3 Å². The van der Waals surface area contributed by atoms with Crippen molar-refractivity contribution in [1.29, 1.82) is 0 Å². The average Bonchev–Trinajstić information content (AvgIpc) is 3.20. The maximum atomic E-state index is 12.8. The zero-order valence-electron chi connectivity index (χ0n) is 12.5. The van der Waals surface area contributed by atoms with E-state index in [0.717, 1.165) is 37.5 Å². The minimum Gasteiger partial charge on any atom is -0.297 e. The quantitative estimate of drug-likeness (QED) is 0.814. The molecule has 0 spiro atoms. The monoisotopic (exact) mass is 318 g/mol. The van der Waals surface area contributed by atoms with Gasteiger partial charge >= 0.3 is 5.69 Å². The van der Waals surface area contributed by atoms with E-state index in [0.29, 0.717) is 27.6 Å². The maximum Gasteiger partial charge on any atom is 0.332 e. The highest BCUT2D eigenvalue weighted by atomic mass is 32.1. The molecule has 0 saturated heterocycles. The van der Waals surface area contributed by atoms with Crippen LogP contribution < -0.4 is 11.2 Å². The van der Waals surface area contributed by atoms with Crippen LogP contribution in [0.25, 0.3) is 10.2 Å². The summed E-state index contributed by atoms with van der Waals surface area (Å²) in [6.07, 6.45) is 6.08. The van der Waals surface area contributed by atoms with Crippen LogP contribution in [0.1, 0.15) is 53.4 Å². The first-order valence-electron chi connectivity index (χ1n) is 7.85. The number of aryl methyl sites for hydroxylation is 1. The molecule has 0 aliphatic heterocycles. The maximum absolute atomic E-state index is 12.8. The van der Waals surface area contributed by atoms with Gasteiger partial charge in [0.2, 0.25) is 0 Å². The summed E-state index contributed by atoms with van der Waals surface area (Å²) in [7, 11) is 0. The topological polar surface area (TPSA) is 61.1 Å². The fourth-order valence-electron chi connectivity index (χ4n) is 3.24. The van der Waals surface area contributed by atoms with Crippen LogP contribution in [0.2, 0.25) is 0 Å². The van der Waals surface area contributed by atoms with Crippen LogP contribution >= 0.6 is 11.3 Å². The van der Waals surface area contributed by atoms with Crippen molar-refractivity contribution in [3.63, 3.8) is 0 Å². The van der Waals surface area contributed by atoms with Crippen LogP contribution in [-0.2, 0) is 6.54 Å². The summed E-state index contributed by atoms with van der Waals surface area (Å²) in [5.41, 5.74) is 0.316. The van der Waals surface area contributed by atoms with Crippen molar-refractivity contribution in [3.05, 3.63) is 31.3 Å². The van der Waals surface area contributed by atoms with Crippen molar-refractivity contribution in [3.8, 4) is 0 Å². The van der Waals surface area contributed by atoms with E-state index in [-0.39, 0.29) is 17.3 Å². The molecule has 2 heterocycles. The van der Waals surface area contributed by atoms with Gasteiger partial charge < -0.3 is 0 Å². The van der Waals surface area contributed by atoms with Gasteiger partial charge in [-0.1, -0.05) is 6.42 Å². The Bertz CT molecular complexity index is 881. The van der Waals surface area contributed by atoms with E-state index in [1.165, 1.54) is 22.3 Å². The smallest absolute Gasteiger partial charge is 0.297 e. The van der Waals surface area contributed by atoms with Crippen molar-refractivity contribution in [1.82, 2.24) is 9.13 Å². The Morgan fingerprint density at radius 3 is 2.50 bits per heavy atom. The van der Waals surface area contributed by atoms with Crippen molar-refractivity contribution in [2.24, 2.45) is 5.92 Å². The molecular formula is C16H18N2O3S. The van der Waals surface area contributed by atoms with E-state index < -0.39 is 0 Å². The molecule has 116 valence electrons. The van der Waals surface area contributed by atoms with Gasteiger partial charge in [-0.15, -0.1) is 11.3 Å². The molecule has 2 aromatic heterocycles. The highest BCUT2D eigenvalue weighted by molar-refractivity contribution is 7.20. The highest BCUT2D eigenvalue weighted by Crippen LogP contribution is 2.35. The molecule has 0 aromatic carbocycles. The molecule has 0 unspecified atom stereocenters. The summed E-state index contributed by atoms with van der Waals surface area (Å²) in [5, 5.41) is 0.568. The zero-order chi connectivity index (χ0) is 15.4. The molecule has 6 heteroatoms. The van der Waals surface area contributed by atoms with Crippen LogP contribution in [0, 0.1) is 12.8 Å². The van der Waals surface area contributed by atoms with Crippen LogP contribution in [0.4, 0.5) is 0 Å². The molecule has 22 heavy (non-hydrogen) atoms. The van der Waals surface area contributed by atoms with E-state index in [4.69, 9.17) is 0 Å². The SMILES string of the molecule is Cc1c(C=O)sc2c1c(=O)n(C1CC1)c(=O)n2CC1CCC1. The van der Waals surface area contributed by atoms with Crippen LogP contribution in [0.15, 0.2) is 9.59 Å². The van der Waals surface area contributed by atoms with Gasteiger partial charge in [-0.25, -0.2) is 4.79 Å². The molecule has 0 atom stereocenters. The van der Waals surface area contributed by atoms with Gasteiger partial charge in [-0.3, -0.25) is 18.7 Å². The first kappa shape index (κ1) is 13.9. The first-order chi connectivity index (χ1) is 10.6. The molecule has 0 radical (unpaired) electrons. The number of carbonyl (C=O) groups is 1. The summed E-state index contributed by atoms with van der Waals surface area (Å²) in [6.45, 7) is 2.47. The number of hydrogen-bond donors (Lipinski definition) is 0. The lowest BCUT2D eigenvalue weighted by Crippen LogP contribution is -2.40. The summed E-state index contributed by atoms with van der Waals surface area (Å²) < 4.78 is 3.18. The van der Waals surface area contributed by atoms with Crippen LogP contribution in [0.3, 0.4) is 0 Å². The van der Waals surface area contributed by atoms with Gasteiger partial charge in [0, 0.05) is 12.6 Å². The number of thiophene rings is 1. The molecular weight excluding hydrogens is 300 g/mol. The lowest BCUT2D eigenvalue weighted by molar-refractivity contribution is 0.112. The predicted molar refractivity (Wildman–Crippen MR) is 86.1 cm³/mol. The minimum atomic E-state index is -0.214. The van der Waals surface area contributed by atoms with Gasteiger partial charge in [-0.2, -0.15) is 0 Å². The minimum absolute atomic E-state index is 0.0519. The molecule has 0 amide bonds. The lowest BCUT2D eigenvalue weighted by atomic mass is 9.85. The molecule has 4 rings (SSSR count). The Morgan fingerprint density at radius 1 is 1.23 bits per heavy atom. The molecule has 0 bridgehead atoms. The second-order valence-electron chi connectivity index (χ2n) is 6.49. The average molecular weight is 318 g/mol. The molecule has 0 N–H and O–H groups in total. The van der Waals surface area contributed by atoms with Crippen molar-refractivity contribution in [2.75, 3.05) is 0 Å². The number of aromatic nitrogens is 2. The highest BCUT2D eigenvalue weighted by Gasteiger charge is 2.31. The molecule has 5 nitrogen and oxygen atoms in total. The largest absolute Gasteiger partial charge is 0.332 e. The number of aldehydes is 1. The second kappa shape index (κ2) is 4.91. The lowest BCUT2D eigenvalue weighted by Gasteiger charge is -2.26. The van der Waals surface area contributed by atoms with E-state index in [2.05, 4.69) is 0 Å². The molecule has 2 aliphatic carbocycles. The van der Waals surface area contributed by atoms with Crippen LogP contribution in [0.5, 0.6) is 0 Å². The van der Waals surface area contributed by atoms with Crippen molar-refractivity contribution in [2.45, 2.75) is 51.6 Å². The summed E-state index contributed by atoms with van der Waals surface area (Å²) in [6, 6.07) is 0.0519. The number of rotatable bonds is 4. The summed E-state index contributed by atoms with van der Waals surface area (Å²) >= 11 is 1.28. The number of hydrogen-bond acceptors (Lipinski definition) is 4. The summed E-state index contributed by atoms with van der Waals surface area (Å²) in [5.74, 6) is 0.521. The summed E-state index contributed by atoms with van der Waals surface area (Å²) in [4.78, 5) is 38.0. The number of fused-ring (bicyclic) bond motifs is 1. The van der Waals surface area contributed by atoms with E-state index in [9.17, 15) is 14.4 Å². The fourth-order valence-corrected chi connectivity index (χ4v) is 4.36. The van der Waals surface area contributed by atoms with Gasteiger partial charge in [-0.05, 0) is 44.1 Å². The fraction of sp³-hybridized carbons (Fsp3) is 0.562. The zero-order valence-corrected chi connectivity index (χ0v) is 13.3. The molecule has 2 aliphatic rings. The normalized spacial score (nSPS) is 18.6. The van der Waals surface area contributed by atoms with Gasteiger partial charge in [0.1, 0.15) is 4.83 Å². The third-order valence-corrected chi connectivity index (χ3v) is 6.20. The molecule has 2 aromatic rings. The predicted octanol–water partition coefficient (Wildman–Crippen LogP) is 2.48. The van der Waals surface area contributed by atoms with E-state index in [1.807, 2.05) is 0 Å². The van der Waals surface area contributed by atoms with Crippen molar-refractivity contribution >= 4 is 27.8 Å². The third-order valence-electron chi connectivity index (χ3n) is 4.96. The van der Waals surface area contributed by atoms with Crippen molar-refractivity contribution < 1.29 is 4.79 Å². The standard InChI is InChI=1S/C16H18N2O3S/c1-9-12(8-19)22-15-13(9)14(20)18(11-5-6-11)16(21)17(15)7-10-3-2-4-10/h8,10-11H,2-7H2,1H3. The number of carbonyl (C=O) groups excluding carboxylic acids is 1. The second-order valence-corrected chi connectivity index (χ2v) is 7.52. The van der Waals surface area contributed by atoms with E-state index >= 15 is 0 Å². The third kappa shape index (κ3) is 1.93. The van der Waals surface area contributed by atoms with Crippen LogP contribution in [-0.4, -0.2) is 15.4 Å². The Morgan fingerprint density at radius 2 is 1.95 bits per heavy atom. The Balaban J connectivity index is 2.04. The van der Waals surface area contributed by atoms with Gasteiger partial charge in [0.25, 0.3) is 5.56 Å². The Hall–Kier alpha value is -1.69. The Kier molecular flexibility index (Phi) is 3.11.